The molecule has 0 aliphatic carbocycles. The molecule has 3 heterocycles. The summed E-state index contributed by atoms with van der Waals surface area (Å²) in [7, 11) is 0. The zero-order valence-electron chi connectivity index (χ0n) is 19.0. The van der Waals surface area contributed by atoms with E-state index in [-0.39, 0.29) is 0 Å². The summed E-state index contributed by atoms with van der Waals surface area (Å²) in [6.45, 7) is 4.79. The highest BCUT2D eigenvalue weighted by molar-refractivity contribution is 5.21. The molecule has 33 heavy (non-hydrogen) atoms. The number of aromatic nitrogens is 2. The van der Waals surface area contributed by atoms with Gasteiger partial charge < -0.3 is 14.7 Å². The van der Waals surface area contributed by atoms with Crippen LogP contribution in [-0.2, 0) is 13.2 Å². The third kappa shape index (κ3) is 7.36. The second-order valence-corrected chi connectivity index (χ2v) is 8.26. The van der Waals surface area contributed by atoms with Crippen molar-refractivity contribution >= 4 is 0 Å². The molecule has 0 spiro atoms. The first-order chi connectivity index (χ1) is 16.3. The summed E-state index contributed by atoms with van der Waals surface area (Å²) in [6.07, 6.45) is 7.98. The number of likely N-dealkylation sites (tertiary alicyclic amines) is 1. The molecule has 7 heteroatoms. The topological polar surface area (TPSA) is 72.1 Å². The van der Waals surface area contributed by atoms with Crippen molar-refractivity contribution in [3.63, 3.8) is 0 Å². The molecular formula is C26H32N4O3. The lowest BCUT2D eigenvalue weighted by Crippen LogP contribution is -2.29. The molecule has 7 nitrogen and oxygen atoms in total. The van der Waals surface area contributed by atoms with Gasteiger partial charge in [-0.2, -0.15) is 4.73 Å². The summed E-state index contributed by atoms with van der Waals surface area (Å²) >= 11 is 0. The number of rotatable bonds is 10. The first-order valence-corrected chi connectivity index (χ1v) is 11.7. The average Bonchev–Trinajstić information content (AvgIpc) is 2.85. The summed E-state index contributed by atoms with van der Waals surface area (Å²) in [4.78, 5) is 11.3. The molecule has 0 amide bonds. The van der Waals surface area contributed by atoms with Crippen LogP contribution >= 0.6 is 0 Å². The fourth-order valence-electron chi connectivity index (χ4n) is 3.85. The van der Waals surface area contributed by atoms with Gasteiger partial charge in [0, 0.05) is 50.1 Å². The fraction of sp³-hybridized carbons (Fsp3) is 0.385. The summed E-state index contributed by atoms with van der Waals surface area (Å²) in [5.41, 5.74) is 2.77. The molecule has 1 aliphatic heterocycles. The predicted molar refractivity (Wildman–Crippen MR) is 126 cm³/mol. The molecule has 1 fully saturated rings. The van der Waals surface area contributed by atoms with E-state index in [2.05, 4.69) is 20.9 Å². The van der Waals surface area contributed by atoms with Crippen LogP contribution in [0, 0.1) is 0 Å². The van der Waals surface area contributed by atoms with Crippen LogP contribution in [0.1, 0.15) is 36.8 Å². The second kappa shape index (κ2) is 12.1. The minimum atomic E-state index is 0.446. The van der Waals surface area contributed by atoms with Crippen LogP contribution in [0.5, 0.6) is 11.6 Å². The van der Waals surface area contributed by atoms with E-state index in [0.29, 0.717) is 43.3 Å². The molecule has 2 aromatic heterocycles. The van der Waals surface area contributed by atoms with Gasteiger partial charge in [0.25, 0.3) is 0 Å². The molecule has 0 atom stereocenters. The Hall–Kier alpha value is -3.32. The van der Waals surface area contributed by atoms with Gasteiger partial charge in [0.05, 0.1) is 6.61 Å². The maximum Gasteiger partial charge on any atom is 0.213 e. The number of hydrogen-bond donors (Lipinski definition) is 1. The van der Waals surface area contributed by atoms with Crippen molar-refractivity contribution in [2.45, 2.75) is 38.8 Å². The average molecular weight is 449 g/mol. The van der Waals surface area contributed by atoms with Crippen molar-refractivity contribution < 1.29 is 14.7 Å². The van der Waals surface area contributed by atoms with E-state index < -0.39 is 0 Å². The van der Waals surface area contributed by atoms with Crippen molar-refractivity contribution in [3.05, 3.63) is 83.6 Å². The first kappa shape index (κ1) is 22.9. The third-order valence-electron chi connectivity index (χ3n) is 5.61. The molecule has 0 radical (unpaired) electrons. The highest BCUT2D eigenvalue weighted by Crippen LogP contribution is 2.16. The SMILES string of the molecule is On1ccc(OCc2ccccc2)cc1=NCCCOc1cc(CN2CCCCC2)ccn1. The maximum atomic E-state index is 10.0. The highest BCUT2D eigenvalue weighted by Gasteiger charge is 2.11. The zero-order chi connectivity index (χ0) is 22.7. The molecule has 0 bridgehead atoms. The van der Waals surface area contributed by atoms with Gasteiger partial charge >= 0.3 is 0 Å². The lowest BCUT2D eigenvalue weighted by atomic mass is 10.1. The molecule has 4 rings (SSSR count). The summed E-state index contributed by atoms with van der Waals surface area (Å²) in [6, 6.07) is 17.5. The van der Waals surface area contributed by atoms with E-state index in [4.69, 9.17) is 9.47 Å². The Morgan fingerprint density at radius 2 is 1.79 bits per heavy atom. The molecule has 1 aliphatic rings. The molecule has 1 aromatic carbocycles. The number of benzene rings is 1. The zero-order valence-corrected chi connectivity index (χ0v) is 19.0. The van der Waals surface area contributed by atoms with Gasteiger partial charge in [-0.05, 0) is 43.1 Å². The van der Waals surface area contributed by atoms with Crippen molar-refractivity contribution in [2.75, 3.05) is 26.2 Å². The second-order valence-electron chi connectivity index (χ2n) is 8.26. The van der Waals surface area contributed by atoms with Gasteiger partial charge in [0.2, 0.25) is 5.88 Å². The first-order valence-electron chi connectivity index (χ1n) is 11.7. The Kier molecular flexibility index (Phi) is 8.36. The molecule has 3 aromatic rings. The Balaban J connectivity index is 1.24. The highest BCUT2D eigenvalue weighted by atomic mass is 16.5. The van der Waals surface area contributed by atoms with Crippen LogP contribution < -0.4 is 15.0 Å². The summed E-state index contributed by atoms with van der Waals surface area (Å²) in [5.74, 6) is 1.31. The number of hydrogen-bond acceptors (Lipinski definition) is 6. The monoisotopic (exact) mass is 448 g/mol. The summed E-state index contributed by atoms with van der Waals surface area (Å²) in [5, 5.41) is 10.0. The fourth-order valence-corrected chi connectivity index (χ4v) is 3.85. The maximum absolute atomic E-state index is 10.0. The van der Waals surface area contributed by atoms with Gasteiger partial charge in [-0.1, -0.05) is 36.8 Å². The lowest BCUT2D eigenvalue weighted by Gasteiger charge is -2.26. The molecular weight excluding hydrogens is 416 g/mol. The molecule has 0 unspecified atom stereocenters. The van der Waals surface area contributed by atoms with E-state index in [1.807, 2.05) is 42.6 Å². The van der Waals surface area contributed by atoms with Gasteiger partial charge in [-0.25, -0.2) is 4.98 Å². The van der Waals surface area contributed by atoms with Gasteiger partial charge in [-0.3, -0.25) is 9.89 Å². The minimum Gasteiger partial charge on any atom is -0.489 e. The predicted octanol–water partition coefficient (Wildman–Crippen LogP) is 4.06. The molecule has 1 N–H and O–H groups in total. The molecule has 174 valence electrons. The normalized spacial score (nSPS) is 14.8. The number of nitrogens with zero attached hydrogens (tertiary/aromatic N) is 4. The van der Waals surface area contributed by atoms with Gasteiger partial charge in [0.15, 0.2) is 5.49 Å². The Morgan fingerprint density at radius 3 is 2.64 bits per heavy atom. The largest absolute Gasteiger partial charge is 0.489 e. The van der Waals surface area contributed by atoms with Crippen molar-refractivity contribution in [1.82, 2.24) is 14.6 Å². The smallest absolute Gasteiger partial charge is 0.213 e. The van der Waals surface area contributed by atoms with Crippen molar-refractivity contribution in [2.24, 2.45) is 4.99 Å². The number of ether oxygens (including phenoxy) is 2. The van der Waals surface area contributed by atoms with E-state index in [1.165, 1.54) is 44.1 Å². The van der Waals surface area contributed by atoms with E-state index in [1.54, 1.807) is 12.1 Å². The van der Waals surface area contributed by atoms with Crippen LogP contribution in [0.25, 0.3) is 0 Å². The van der Waals surface area contributed by atoms with Gasteiger partial charge in [-0.15, -0.1) is 0 Å². The molecule has 1 saturated heterocycles. The van der Waals surface area contributed by atoms with Crippen LogP contribution in [0.4, 0.5) is 0 Å². The van der Waals surface area contributed by atoms with E-state index in [0.717, 1.165) is 16.8 Å². The van der Waals surface area contributed by atoms with Crippen LogP contribution in [0.3, 0.4) is 0 Å². The van der Waals surface area contributed by atoms with Gasteiger partial charge in [0.1, 0.15) is 12.4 Å². The standard InChI is InChI=1S/C26H32N4O3/c31-30-16-11-24(33-21-22-8-3-1-4-9-22)19-25(30)27-12-7-17-32-26-18-23(10-13-28-26)20-29-14-5-2-6-15-29/h1,3-4,8-11,13,16,18-19,31H,2,5-7,12,14-15,17,20-21H2. The van der Waals surface area contributed by atoms with Crippen molar-refractivity contribution in [1.29, 1.82) is 0 Å². The van der Waals surface area contributed by atoms with Crippen LogP contribution in [0.2, 0.25) is 0 Å². The minimum absolute atomic E-state index is 0.446. The third-order valence-corrected chi connectivity index (χ3v) is 5.61. The number of piperidine rings is 1. The Morgan fingerprint density at radius 1 is 0.939 bits per heavy atom. The lowest BCUT2D eigenvalue weighted by molar-refractivity contribution is 0.169. The summed E-state index contributed by atoms with van der Waals surface area (Å²) < 4.78 is 12.7. The quantitative estimate of drug-likeness (QED) is 0.374. The molecule has 0 saturated carbocycles. The Bertz CT molecular complexity index is 1060. The van der Waals surface area contributed by atoms with E-state index >= 15 is 0 Å². The Labute approximate surface area is 194 Å². The van der Waals surface area contributed by atoms with E-state index in [9.17, 15) is 5.21 Å². The van der Waals surface area contributed by atoms with Crippen molar-refractivity contribution in [3.8, 4) is 11.6 Å². The van der Waals surface area contributed by atoms with Crippen LogP contribution in [0.15, 0.2) is 72.0 Å². The van der Waals surface area contributed by atoms with Crippen LogP contribution in [-0.4, -0.2) is 46.1 Å². The number of pyridine rings is 2.